The van der Waals surface area contributed by atoms with Crippen LogP contribution in [-0.2, 0) is 6.42 Å². The molecular formula is C20H36BrP. The summed E-state index contributed by atoms with van der Waals surface area (Å²) >= 11 is 0. The van der Waals surface area contributed by atoms with Crippen molar-refractivity contribution in [1.82, 2.24) is 0 Å². The highest BCUT2D eigenvalue weighted by molar-refractivity contribution is 8.93. The average Bonchev–Trinajstić information content (AvgIpc) is 2.49. The molecular weight excluding hydrogens is 351 g/mol. The molecule has 0 spiro atoms. The fourth-order valence-electron chi connectivity index (χ4n) is 2.97. The first-order chi connectivity index (χ1) is 10.2. The number of benzene rings is 1. The van der Waals surface area contributed by atoms with E-state index in [1.54, 1.807) is 5.56 Å². The normalized spacial score (nSPS) is 10.5. The van der Waals surface area contributed by atoms with Gasteiger partial charge in [-0.05, 0) is 48.7 Å². The van der Waals surface area contributed by atoms with E-state index in [2.05, 4.69) is 42.1 Å². The molecule has 0 saturated heterocycles. The number of hydrogen-bond donors (Lipinski definition) is 0. The molecule has 0 amide bonds. The van der Waals surface area contributed by atoms with Crippen LogP contribution >= 0.6 is 26.2 Å². The van der Waals surface area contributed by atoms with Crippen molar-refractivity contribution < 1.29 is 0 Å². The minimum atomic E-state index is 0. The Bertz CT molecular complexity index is 401. The molecule has 1 aromatic carbocycles. The topological polar surface area (TPSA) is 0 Å². The van der Waals surface area contributed by atoms with Crippen molar-refractivity contribution in [3.63, 3.8) is 0 Å². The fourth-order valence-corrected chi connectivity index (χ4v) is 3.28. The monoisotopic (exact) mass is 386 g/mol. The molecule has 0 N–H and O–H groups in total. The van der Waals surface area contributed by atoms with Crippen molar-refractivity contribution in [2.75, 3.05) is 0 Å². The standard InChI is InChI=1S/C20H35P.BrH/c1-4-5-6-7-8-9-10-11-12-13-14-19-15-16-20(21)18(3)17(19)2;/h15-16H,4-14,21H2,1-3H3;1H. The van der Waals surface area contributed by atoms with Gasteiger partial charge in [0, 0.05) is 0 Å². The molecule has 1 aromatic rings. The van der Waals surface area contributed by atoms with Crippen LogP contribution in [0.4, 0.5) is 0 Å². The van der Waals surface area contributed by atoms with E-state index < -0.39 is 0 Å². The molecule has 0 aromatic heterocycles. The molecule has 22 heavy (non-hydrogen) atoms. The van der Waals surface area contributed by atoms with E-state index >= 15 is 0 Å². The molecule has 0 nitrogen and oxygen atoms in total. The summed E-state index contributed by atoms with van der Waals surface area (Å²) in [6.07, 6.45) is 15.5. The number of hydrogen-bond acceptors (Lipinski definition) is 0. The maximum Gasteiger partial charge on any atom is -0.0271 e. The van der Waals surface area contributed by atoms with Gasteiger partial charge in [0.05, 0.1) is 0 Å². The Labute approximate surface area is 151 Å². The van der Waals surface area contributed by atoms with E-state index in [4.69, 9.17) is 0 Å². The number of halogens is 1. The lowest BCUT2D eigenvalue weighted by Crippen LogP contribution is -2.03. The van der Waals surface area contributed by atoms with Gasteiger partial charge in [0.15, 0.2) is 0 Å². The molecule has 128 valence electrons. The van der Waals surface area contributed by atoms with Crippen molar-refractivity contribution >= 4 is 31.5 Å². The molecule has 0 saturated carbocycles. The molecule has 1 atom stereocenters. The Morgan fingerprint density at radius 1 is 0.727 bits per heavy atom. The lowest BCUT2D eigenvalue weighted by Gasteiger charge is -2.11. The molecule has 1 rings (SSSR count). The molecule has 0 aliphatic heterocycles. The Morgan fingerprint density at radius 2 is 1.23 bits per heavy atom. The van der Waals surface area contributed by atoms with E-state index in [0.717, 1.165) is 0 Å². The summed E-state index contributed by atoms with van der Waals surface area (Å²) in [4.78, 5) is 0. The second kappa shape index (κ2) is 13.6. The zero-order valence-corrected chi connectivity index (χ0v) is 17.8. The summed E-state index contributed by atoms with van der Waals surface area (Å²) in [7, 11) is 2.84. The van der Waals surface area contributed by atoms with Crippen LogP contribution in [0.5, 0.6) is 0 Å². The summed E-state index contributed by atoms with van der Waals surface area (Å²) in [6.45, 7) is 6.80. The van der Waals surface area contributed by atoms with Crippen LogP contribution in [0.3, 0.4) is 0 Å². The van der Waals surface area contributed by atoms with Crippen LogP contribution in [0.25, 0.3) is 0 Å². The van der Waals surface area contributed by atoms with Crippen molar-refractivity contribution in [1.29, 1.82) is 0 Å². The highest BCUT2D eigenvalue weighted by atomic mass is 79.9. The SMILES string of the molecule is Br.CCCCCCCCCCCCc1ccc(P)c(C)c1C. The number of unbranched alkanes of at least 4 members (excludes halogenated alkanes) is 9. The number of aryl methyl sites for hydroxylation is 1. The van der Waals surface area contributed by atoms with Gasteiger partial charge >= 0.3 is 0 Å². The summed E-state index contributed by atoms with van der Waals surface area (Å²) in [6, 6.07) is 4.57. The van der Waals surface area contributed by atoms with Crippen molar-refractivity contribution in [3.05, 3.63) is 28.8 Å². The maximum atomic E-state index is 2.84. The second-order valence-corrected chi connectivity index (χ2v) is 7.12. The first-order valence-corrected chi connectivity index (χ1v) is 9.59. The van der Waals surface area contributed by atoms with Crippen LogP contribution in [0.1, 0.15) is 87.8 Å². The predicted molar refractivity (Wildman–Crippen MR) is 111 cm³/mol. The van der Waals surface area contributed by atoms with Crippen molar-refractivity contribution in [2.45, 2.75) is 91.4 Å². The maximum absolute atomic E-state index is 2.84. The zero-order chi connectivity index (χ0) is 15.5. The first-order valence-electron chi connectivity index (χ1n) is 9.01. The van der Waals surface area contributed by atoms with Gasteiger partial charge in [0.25, 0.3) is 0 Å². The minimum absolute atomic E-state index is 0. The third kappa shape index (κ3) is 8.68. The van der Waals surface area contributed by atoms with E-state index in [1.807, 2.05) is 0 Å². The van der Waals surface area contributed by atoms with Gasteiger partial charge in [-0.3, -0.25) is 0 Å². The third-order valence-electron chi connectivity index (χ3n) is 4.74. The van der Waals surface area contributed by atoms with Crippen molar-refractivity contribution in [3.8, 4) is 0 Å². The van der Waals surface area contributed by atoms with Gasteiger partial charge in [-0.25, -0.2) is 0 Å². The van der Waals surface area contributed by atoms with E-state index in [-0.39, 0.29) is 17.0 Å². The van der Waals surface area contributed by atoms with Crippen LogP contribution in [0.15, 0.2) is 12.1 Å². The van der Waals surface area contributed by atoms with E-state index in [9.17, 15) is 0 Å². The molecule has 2 heteroatoms. The van der Waals surface area contributed by atoms with Gasteiger partial charge in [-0.15, -0.1) is 26.2 Å². The Hall–Kier alpha value is 0.130. The van der Waals surface area contributed by atoms with Crippen LogP contribution in [0.2, 0.25) is 0 Å². The number of rotatable bonds is 11. The molecule has 1 unspecified atom stereocenters. The highest BCUT2D eigenvalue weighted by Gasteiger charge is 2.03. The van der Waals surface area contributed by atoms with E-state index in [0.29, 0.717) is 0 Å². The van der Waals surface area contributed by atoms with Crippen molar-refractivity contribution in [2.24, 2.45) is 0 Å². The van der Waals surface area contributed by atoms with Gasteiger partial charge in [-0.1, -0.05) is 76.8 Å². The average molecular weight is 387 g/mol. The smallest absolute Gasteiger partial charge is 0.0271 e. The lowest BCUT2D eigenvalue weighted by atomic mass is 9.98. The quantitative estimate of drug-likeness (QED) is 0.288. The molecule has 0 aliphatic carbocycles. The zero-order valence-electron chi connectivity index (χ0n) is 14.9. The largest absolute Gasteiger partial charge is 0.114 e. The molecule has 0 radical (unpaired) electrons. The molecule has 0 heterocycles. The summed E-state index contributed by atoms with van der Waals surface area (Å²) in [5.41, 5.74) is 4.50. The van der Waals surface area contributed by atoms with E-state index in [1.165, 1.54) is 87.1 Å². The lowest BCUT2D eigenvalue weighted by molar-refractivity contribution is 0.556. The summed E-state index contributed by atoms with van der Waals surface area (Å²) < 4.78 is 0. The molecule has 0 bridgehead atoms. The Kier molecular flexibility index (Phi) is 13.6. The van der Waals surface area contributed by atoms with Gasteiger partial charge in [0.1, 0.15) is 0 Å². The Morgan fingerprint density at radius 3 is 1.77 bits per heavy atom. The van der Waals surface area contributed by atoms with Crippen LogP contribution in [0, 0.1) is 13.8 Å². The van der Waals surface area contributed by atoms with Gasteiger partial charge in [-0.2, -0.15) is 0 Å². The fraction of sp³-hybridized carbons (Fsp3) is 0.700. The first kappa shape index (κ1) is 22.1. The summed E-state index contributed by atoms with van der Waals surface area (Å²) in [5, 5.41) is 1.35. The second-order valence-electron chi connectivity index (χ2n) is 6.50. The highest BCUT2D eigenvalue weighted by Crippen LogP contribution is 2.17. The minimum Gasteiger partial charge on any atom is -0.114 e. The van der Waals surface area contributed by atoms with Gasteiger partial charge in [0.2, 0.25) is 0 Å². The molecule has 0 aliphatic rings. The predicted octanol–water partition coefficient (Wildman–Crippen LogP) is 6.85. The third-order valence-corrected chi connectivity index (χ3v) is 5.37. The van der Waals surface area contributed by atoms with Crippen LogP contribution < -0.4 is 5.30 Å². The Balaban J connectivity index is 0.00000441. The van der Waals surface area contributed by atoms with Gasteiger partial charge < -0.3 is 0 Å². The summed E-state index contributed by atoms with van der Waals surface area (Å²) in [5.74, 6) is 0. The molecule has 0 fully saturated rings. The van der Waals surface area contributed by atoms with Crippen LogP contribution in [-0.4, -0.2) is 0 Å².